The van der Waals surface area contributed by atoms with Crippen LogP contribution in [-0.2, 0) is 0 Å². The smallest absolute Gasteiger partial charge is 0.291 e. The largest absolute Gasteiger partial charge is 0.456 e. The lowest BCUT2D eigenvalue weighted by atomic mass is 10.3. The lowest BCUT2D eigenvalue weighted by Gasteiger charge is -2.05. The van der Waals surface area contributed by atoms with Crippen LogP contribution in [0.3, 0.4) is 0 Å². The van der Waals surface area contributed by atoms with Crippen molar-refractivity contribution >= 4 is 39.1 Å². The van der Waals surface area contributed by atoms with Gasteiger partial charge in [-0.2, -0.15) is 0 Å². The maximum Gasteiger partial charge on any atom is 0.291 e. The number of benzene rings is 1. The van der Waals surface area contributed by atoms with Gasteiger partial charge in [-0.3, -0.25) is 4.79 Å². The summed E-state index contributed by atoms with van der Waals surface area (Å²) in [5, 5.41) is 3.16. The molecule has 0 aliphatic heterocycles. The van der Waals surface area contributed by atoms with Crippen LogP contribution in [0.2, 0.25) is 5.02 Å². The maximum absolute atomic E-state index is 11.8. The first-order valence-corrected chi connectivity index (χ1v) is 6.06. The summed E-state index contributed by atoms with van der Waals surface area (Å²) in [6.45, 7) is 1.78. The Balaban J connectivity index is 2.21. The quantitative estimate of drug-likeness (QED) is 0.900. The van der Waals surface area contributed by atoms with E-state index in [9.17, 15) is 4.79 Å². The van der Waals surface area contributed by atoms with Crippen molar-refractivity contribution in [1.29, 1.82) is 0 Å². The van der Waals surface area contributed by atoms with Crippen molar-refractivity contribution in [2.24, 2.45) is 0 Å². The molecule has 0 atom stereocenters. The molecule has 3 nitrogen and oxygen atoms in total. The highest BCUT2D eigenvalue weighted by atomic mass is 79.9. The van der Waals surface area contributed by atoms with E-state index in [2.05, 4.69) is 21.2 Å². The second-order valence-corrected chi connectivity index (χ2v) is 4.81. The van der Waals surface area contributed by atoms with Gasteiger partial charge in [0.05, 0.1) is 10.7 Å². The molecule has 2 rings (SSSR count). The first-order valence-electron chi connectivity index (χ1n) is 4.89. The predicted molar refractivity (Wildman–Crippen MR) is 70.6 cm³/mol. The summed E-state index contributed by atoms with van der Waals surface area (Å²) in [6, 6.07) is 8.59. The third-order valence-electron chi connectivity index (χ3n) is 2.14. The number of nitrogens with one attached hydrogen (secondary N) is 1. The standard InChI is InChI=1S/C12H9BrClNO2/c1-7-2-5-11(17-7)12(16)15-10-6-8(13)3-4-9(10)14/h2-6H,1H3,(H,15,16). The molecule has 0 spiro atoms. The van der Waals surface area contributed by atoms with Gasteiger partial charge >= 0.3 is 0 Å². The normalized spacial score (nSPS) is 10.3. The fraction of sp³-hybridized carbons (Fsp3) is 0.0833. The third kappa shape index (κ3) is 2.90. The van der Waals surface area contributed by atoms with Crippen molar-refractivity contribution in [3.8, 4) is 0 Å². The predicted octanol–water partition coefficient (Wildman–Crippen LogP) is 4.26. The lowest BCUT2D eigenvalue weighted by Crippen LogP contribution is -2.11. The number of furan rings is 1. The van der Waals surface area contributed by atoms with Crippen LogP contribution in [0.5, 0.6) is 0 Å². The Morgan fingerprint density at radius 1 is 1.35 bits per heavy atom. The van der Waals surface area contributed by atoms with E-state index >= 15 is 0 Å². The molecule has 0 bridgehead atoms. The second kappa shape index (κ2) is 4.94. The van der Waals surface area contributed by atoms with Gasteiger partial charge in [0, 0.05) is 4.47 Å². The van der Waals surface area contributed by atoms with Gasteiger partial charge in [-0.15, -0.1) is 0 Å². The van der Waals surface area contributed by atoms with Gasteiger partial charge in [-0.05, 0) is 37.3 Å². The van der Waals surface area contributed by atoms with E-state index in [1.54, 1.807) is 37.3 Å². The molecular formula is C12H9BrClNO2. The Bertz CT molecular complexity index is 565. The first kappa shape index (κ1) is 12.2. The molecule has 0 unspecified atom stereocenters. The first-order chi connectivity index (χ1) is 8.06. The summed E-state index contributed by atoms with van der Waals surface area (Å²) in [4.78, 5) is 11.8. The summed E-state index contributed by atoms with van der Waals surface area (Å²) in [5.74, 6) is 0.632. The van der Waals surface area contributed by atoms with E-state index in [1.165, 1.54) is 0 Å². The number of aryl methyl sites for hydroxylation is 1. The average Bonchev–Trinajstić information content (AvgIpc) is 2.70. The minimum Gasteiger partial charge on any atom is -0.456 e. The van der Waals surface area contributed by atoms with Gasteiger partial charge in [0.25, 0.3) is 5.91 Å². The Labute approximate surface area is 112 Å². The van der Waals surface area contributed by atoms with Crippen molar-refractivity contribution in [1.82, 2.24) is 0 Å². The number of anilines is 1. The van der Waals surface area contributed by atoms with Crippen LogP contribution in [-0.4, -0.2) is 5.91 Å². The van der Waals surface area contributed by atoms with E-state index in [-0.39, 0.29) is 11.7 Å². The molecule has 1 aromatic carbocycles. The molecule has 0 aliphatic rings. The molecule has 0 saturated carbocycles. The minimum absolute atomic E-state index is 0.263. The molecule has 0 aliphatic carbocycles. The Morgan fingerprint density at radius 3 is 2.76 bits per heavy atom. The number of hydrogen-bond acceptors (Lipinski definition) is 2. The molecule has 0 radical (unpaired) electrons. The van der Waals surface area contributed by atoms with E-state index in [0.29, 0.717) is 16.5 Å². The van der Waals surface area contributed by atoms with Gasteiger partial charge in [0.1, 0.15) is 5.76 Å². The zero-order valence-corrected chi connectivity index (χ0v) is 11.3. The average molecular weight is 315 g/mol. The highest BCUT2D eigenvalue weighted by Gasteiger charge is 2.12. The van der Waals surface area contributed by atoms with Crippen LogP contribution in [0.1, 0.15) is 16.3 Å². The molecule has 88 valence electrons. The van der Waals surface area contributed by atoms with E-state index in [4.69, 9.17) is 16.0 Å². The fourth-order valence-electron chi connectivity index (χ4n) is 1.33. The van der Waals surface area contributed by atoms with Gasteiger partial charge in [-0.1, -0.05) is 27.5 Å². The zero-order valence-electron chi connectivity index (χ0n) is 8.96. The second-order valence-electron chi connectivity index (χ2n) is 3.49. The van der Waals surface area contributed by atoms with Crippen molar-refractivity contribution in [3.63, 3.8) is 0 Å². The SMILES string of the molecule is Cc1ccc(C(=O)Nc2cc(Br)ccc2Cl)o1. The summed E-state index contributed by atoms with van der Waals surface area (Å²) in [6.07, 6.45) is 0. The van der Waals surface area contributed by atoms with Gasteiger partial charge in [-0.25, -0.2) is 0 Å². The number of rotatable bonds is 2. The van der Waals surface area contributed by atoms with E-state index in [1.807, 2.05) is 0 Å². The number of halogens is 2. The highest BCUT2D eigenvalue weighted by Crippen LogP contribution is 2.26. The van der Waals surface area contributed by atoms with Crippen molar-refractivity contribution in [2.45, 2.75) is 6.92 Å². The van der Waals surface area contributed by atoms with Crippen molar-refractivity contribution in [3.05, 3.63) is 51.3 Å². The highest BCUT2D eigenvalue weighted by molar-refractivity contribution is 9.10. The van der Waals surface area contributed by atoms with Crippen LogP contribution >= 0.6 is 27.5 Å². The fourth-order valence-corrected chi connectivity index (χ4v) is 1.86. The topological polar surface area (TPSA) is 42.2 Å². The molecule has 1 heterocycles. The molecule has 5 heteroatoms. The molecular weight excluding hydrogens is 305 g/mol. The monoisotopic (exact) mass is 313 g/mol. The van der Waals surface area contributed by atoms with Crippen LogP contribution in [0.15, 0.2) is 39.2 Å². The van der Waals surface area contributed by atoms with Crippen molar-refractivity contribution < 1.29 is 9.21 Å². The summed E-state index contributed by atoms with van der Waals surface area (Å²) < 4.78 is 6.06. The van der Waals surface area contributed by atoms with E-state index < -0.39 is 0 Å². The summed E-state index contributed by atoms with van der Waals surface area (Å²) in [5.41, 5.74) is 0.542. The molecule has 0 saturated heterocycles. The van der Waals surface area contributed by atoms with Crippen LogP contribution < -0.4 is 5.32 Å². The molecule has 1 amide bonds. The molecule has 1 N–H and O–H groups in total. The van der Waals surface area contributed by atoms with Crippen LogP contribution in [0, 0.1) is 6.92 Å². The summed E-state index contributed by atoms with van der Waals surface area (Å²) >= 11 is 9.28. The summed E-state index contributed by atoms with van der Waals surface area (Å²) in [7, 11) is 0. The maximum atomic E-state index is 11.8. The number of carbonyl (C=O) groups is 1. The Kier molecular flexibility index (Phi) is 3.54. The molecule has 2 aromatic rings. The van der Waals surface area contributed by atoms with Crippen molar-refractivity contribution in [2.75, 3.05) is 5.32 Å². The number of amides is 1. The Morgan fingerprint density at radius 2 is 2.12 bits per heavy atom. The van der Waals surface area contributed by atoms with Gasteiger partial charge in [0.15, 0.2) is 5.76 Å². The van der Waals surface area contributed by atoms with Crippen LogP contribution in [0.25, 0.3) is 0 Å². The lowest BCUT2D eigenvalue weighted by molar-refractivity contribution is 0.0995. The van der Waals surface area contributed by atoms with E-state index in [0.717, 1.165) is 4.47 Å². The third-order valence-corrected chi connectivity index (χ3v) is 2.96. The van der Waals surface area contributed by atoms with Gasteiger partial charge < -0.3 is 9.73 Å². The molecule has 0 fully saturated rings. The number of carbonyl (C=O) groups excluding carboxylic acids is 1. The van der Waals surface area contributed by atoms with Gasteiger partial charge in [0.2, 0.25) is 0 Å². The minimum atomic E-state index is -0.321. The zero-order chi connectivity index (χ0) is 12.4. The molecule has 17 heavy (non-hydrogen) atoms. The number of hydrogen-bond donors (Lipinski definition) is 1. The Hall–Kier alpha value is -1.26. The van der Waals surface area contributed by atoms with Crippen LogP contribution in [0.4, 0.5) is 5.69 Å². The molecule has 1 aromatic heterocycles.